The van der Waals surface area contributed by atoms with E-state index in [0.29, 0.717) is 10.6 Å². The van der Waals surface area contributed by atoms with Crippen molar-refractivity contribution in [3.63, 3.8) is 0 Å². The summed E-state index contributed by atoms with van der Waals surface area (Å²) < 4.78 is 0. The van der Waals surface area contributed by atoms with E-state index in [4.69, 9.17) is 11.6 Å². The van der Waals surface area contributed by atoms with Crippen LogP contribution in [0.4, 0.5) is 5.69 Å². The summed E-state index contributed by atoms with van der Waals surface area (Å²) in [7, 11) is 2.11. The molecule has 1 fully saturated rings. The zero-order chi connectivity index (χ0) is 12.7. The number of fused-ring (bicyclic) bond motifs is 3. The minimum absolute atomic E-state index is 0.0543. The second-order valence-corrected chi connectivity index (χ2v) is 5.32. The molecule has 0 spiro atoms. The first-order valence-electron chi connectivity index (χ1n) is 6.21. The van der Waals surface area contributed by atoms with Crippen molar-refractivity contribution in [2.45, 2.75) is 12.6 Å². The summed E-state index contributed by atoms with van der Waals surface area (Å²) in [6.07, 6.45) is 1.03. The minimum Gasteiger partial charge on any atom is -0.349 e. The highest BCUT2D eigenvalue weighted by atomic mass is 35.5. The van der Waals surface area contributed by atoms with Gasteiger partial charge in [-0.2, -0.15) is 0 Å². The van der Waals surface area contributed by atoms with Crippen LogP contribution in [0.1, 0.15) is 16.8 Å². The molecule has 1 aromatic rings. The first-order chi connectivity index (χ1) is 8.66. The first kappa shape index (κ1) is 11.8. The van der Waals surface area contributed by atoms with Gasteiger partial charge in [0.25, 0.3) is 5.91 Å². The third-order valence-electron chi connectivity index (χ3n) is 3.71. The van der Waals surface area contributed by atoms with Crippen LogP contribution in [0, 0.1) is 0 Å². The highest BCUT2D eigenvalue weighted by molar-refractivity contribution is 6.34. The van der Waals surface area contributed by atoms with E-state index in [2.05, 4.69) is 22.2 Å². The average Bonchev–Trinajstić information content (AvgIpc) is 2.52. The number of nitrogens with one attached hydrogen (secondary N) is 1. The SMILES string of the molecule is CN1CCC2NC(=O)c3c(Cl)cccc3N2CC1. The minimum atomic E-state index is -0.0543. The molecule has 2 aliphatic heterocycles. The van der Waals surface area contributed by atoms with E-state index in [1.165, 1.54) is 0 Å². The summed E-state index contributed by atoms with van der Waals surface area (Å²) in [5, 5.41) is 3.58. The number of benzene rings is 1. The molecule has 0 bridgehead atoms. The Balaban J connectivity index is 2.04. The molecule has 1 atom stereocenters. The molecule has 2 heterocycles. The topological polar surface area (TPSA) is 35.6 Å². The van der Waals surface area contributed by atoms with E-state index in [9.17, 15) is 4.79 Å². The maximum Gasteiger partial charge on any atom is 0.256 e. The molecule has 4 nitrogen and oxygen atoms in total. The van der Waals surface area contributed by atoms with Crippen molar-refractivity contribution in [1.29, 1.82) is 0 Å². The Morgan fingerprint density at radius 3 is 3.00 bits per heavy atom. The van der Waals surface area contributed by atoms with E-state index in [-0.39, 0.29) is 12.1 Å². The van der Waals surface area contributed by atoms with E-state index < -0.39 is 0 Å². The summed E-state index contributed by atoms with van der Waals surface area (Å²) in [6.45, 7) is 2.91. The van der Waals surface area contributed by atoms with Crippen molar-refractivity contribution in [3.05, 3.63) is 28.8 Å². The molecular weight excluding hydrogens is 250 g/mol. The lowest BCUT2D eigenvalue weighted by molar-refractivity contribution is 0.0926. The fourth-order valence-electron chi connectivity index (χ4n) is 2.68. The summed E-state index contributed by atoms with van der Waals surface area (Å²) in [4.78, 5) is 16.7. The molecule has 1 unspecified atom stereocenters. The molecular formula is C13H16ClN3O. The number of amides is 1. The standard InChI is InChI=1S/C13H16ClN3O/c1-16-6-5-11-15-13(18)12-9(14)3-2-4-10(12)17(11)8-7-16/h2-4,11H,5-8H2,1H3,(H,15,18). The van der Waals surface area contributed by atoms with Crippen molar-refractivity contribution in [2.24, 2.45) is 0 Å². The molecule has 5 heteroatoms. The Labute approximate surface area is 112 Å². The lowest BCUT2D eigenvalue weighted by atomic mass is 10.1. The van der Waals surface area contributed by atoms with Crippen molar-refractivity contribution in [2.75, 3.05) is 31.6 Å². The van der Waals surface area contributed by atoms with Crippen LogP contribution < -0.4 is 10.2 Å². The molecule has 0 aromatic heterocycles. The second kappa shape index (κ2) is 4.44. The number of carbonyl (C=O) groups excluding carboxylic acids is 1. The van der Waals surface area contributed by atoms with Gasteiger partial charge in [0, 0.05) is 19.6 Å². The van der Waals surface area contributed by atoms with Crippen molar-refractivity contribution in [1.82, 2.24) is 10.2 Å². The van der Waals surface area contributed by atoms with Crippen LogP contribution >= 0.6 is 11.6 Å². The van der Waals surface area contributed by atoms with Crippen LogP contribution in [0.25, 0.3) is 0 Å². The zero-order valence-corrected chi connectivity index (χ0v) is 11.1. The highest BCUT2D eigenvalue weighted by Gasteiger charge is 2.33. The average molecular weight is 266 g/mol. The lowest BCUT2D eigenvalue weighted by Crippen LogP contribution is -2.53. The van der Waals surface area contributed by atoms with E-state index in [0.717, 1.165) is 31.7 Å². The van der Waals surface area contributed by atoms with E-state index >= 15 is 0 Å². The molecule has 0 aliphatic carbocycles. The van der Waals surface area contributed by atoms with Crippen LogP contribution in [-0.2, 0) is 0 Å². The Bertz CT molecular complexity index is 491. The van der Waals surface area contributed by atoms with Gasteiger partial charge in [0.15, 0.2) is 0 Å². The number of hydrogen-bond donors (Lipinski definition) is 1. The number of halogens is 1. The van der Waals surface area contributed by atoms with Crippen LogP contribution in [0.15, 0.2) is 18.2 Å². The van der Waals surface area contributed by atoms with Gasteiger partial charge in [0.2, 0.25) is 0 Å². The lowest BCUT2D eigenvalue weighted by Gasteiger charge is -2.37. The van der Waals surface area contributed by atoms with Gasteiger partial charge in [0.05, 0.1) is 16.3 Å². The number of carbonyl (C=O) groups is 1. The zero-order valence-electron chi connectivity index (χ0n) is 10.3. The second-order valence-electron chi connectivity index (χ2n) is 4.91. The molecule has 1 amide bonds. The van der Waals surface area contributed by atoms with Gasteiger partial charge in [-0.05, 0) is 25.6 Å². The Morgan fingerprint density at radius 2 is 2.17 bits per heavy atom. The van der Waals surface area contributed by atoms with Gasteiger partial charge >= 0.3 is 0 Å². The van der Waals surface area contributed by atoms with Crippen LogP contribution in [0.3, 0.4) is 0 Å². The monoisotopic (exact) mass is 265 g/mol. The molecule has 18 heavy (non-hydrogen) atoms. The fourth-order valence-corrected chi connectivity index (χ4v) is 2.94. The van der Waals surface area contributed by atoms with Crippen molar-refractivity contribution >= 4 is 23.2 Å². The van der Waals surface area contributed by atoms with Gasteiger partial charge in [-0.1, -0.05) is 17.7 Å². The summed E-state index contributed by atoms with van der Waals surface area (Å²) >= 11 is 6.14. The quantitative estimate of drug-likeness (QED) is 0.773. The van der Waals surface area contributed by atoms with Crippen molar-refractivity contribution in [3.8, 4) is 0 Å². The van der Waals surface area contributed by atoms with Crippen LogP contribution in [0.5, 0.6) is 0 Å². The smallest absolute Gasteiger partial charge is 0.256 e. The summed E-state index contributed by atoms with van der Waals surface area (Å²) in [6, 6.07) is 5.66. The highest BCUT2D eigenvalue weighted by Crippen LogP contribution is 2.32. The summed E-state index contributed by atoms with van der Waals surface area (Å²) in [5.74, 6) is -0.0543. The third-order valence-corrected chi connectivity index (χ3v) is 4.02. The largest absolute Gasteiger partial charge is 0.349 e. The Kier molecular flexibility index (Phi) is 2.92. The molecule has 3 rings (SSSR count). The van der Waals surface area contributed by atoms with Gasteiger partial charge in [-0.3, -0.25) is 4.79 Å². The van der Waals surface area contributed by atoms with Crippen molar-refractivity contribution < 1.29 is 4.79 Å². The molecule has 0 radical (unpaired) electrons. The number of nitrogens with zero attached hydrogens (tertiary/aromatic N) is 2. The predicted molar refractivity (Wildman–Crippen MR) is 72.2 cm³/mol. The number of anilines is 1. The molecule has 96 valence electrons. The maximum absolute atomic E-state index is 12.1. The van der Waals surface area contributed by atoms with E-state index in [1.54, 1.807) is 6.07 Å². The number of rotatable bonds is 0. The summed E-state index contributed by atoms with van der Waals surface area (Å²) in [5.41, 5.74) is 1.58. The maximum atomic E-state index is 12.1. The molecule has 1 saturated heterocycles. The Hall–Kier alpha value is -1.26. The number of hydrogen-bond acceptors (Lipinski definition) is 3. The molecule has 1 aromatic carbocycles. The number of likely N-dealkylation sites (N-methyl/N-ethyl adjacent to an activating group) is 1. The van der Waals surface area contributed by atoms with Gasteiger partial charge in [0.1, 0.15) is 6.17 Å². The van der Waals surface area contributed by atoms with Crippen LogP contribution in [0.2, 0.25) is 5.02 Å². The van der Waals surface area contributed by atoms with Gasteiger partial charge < -0.3 is 15.1 Å². The van der Waals surface area contributed by atoms with E-state index in [1.807, 2.05) is 12.1 Å². The first-order valence-corrected chi connectivity index (χ1v) is 6.59. The Morgan fingerprint density at radius 1 is 1.33 bits per heavy atom. The third kappa shape index (κ3) is 1.85. The van der Waals surface area contributed by atoms with Gasteiger partial charge in [-0.15, -0.1) is 0 Å². The molecule has 2 aliphatic rings. The predicted octanol–water partition coefficient (Wildman–Crippen LogP) is 1.55. The molecule has 1 N–H and O–H groups in total. The molecule has 0 saturated carbocycles. The van der Waals surface area contributed by atoms with Crippen LogP contribution in [-0.4, -0.2) is 43.7 Å². The fraction of sp³-hybridized carbons (Fsp3) is 0.462. The normalized spacial score (nSPS) is 24.0. The van der Waals surface area contributed by atoms with Gasteiger partial charge in [-0.25, -0.2) is 0 Å².